The van der Waals surface area contributed by atoms with Crippen LogP contribution in [0, 0.1) is 0 Å². The standard InChI is InChI=1S/C43H28N2S.C42H27N3S.C41H26N4S/c1-4-12-29(13-5-1)34-26-37(30-14-6-2-7-15-30)44-38(27-34)31-20-23-35(24-21-31)45-39-19-11-10-18-36(39)42-40(45)25-22-33-28-41(46-43(33)42)32-16-8-3-9-17-32;1-4-13-28(14-5-1)35-27-36(44-42(43-35)30-17-8-3-9-18-30)31-19-12-20-33(25-31)45-37-22-11-10-21-34(37)40-38(45)24-23-32-26-39(46-41(32)40)29-15-6-2-7-16-29;1-4-13-27(14-5-1)36-26-30-23-24-35-37(38(30)46-36)33-21-10-11-22-34(33)45(35)32-20-12-19-31(25-32)41-43-39(28-15-6-2-7-16-28)42-40(44-41)29-17-8-3-9-18-29/h1-28H;1-27H;1-26H. The van der Waals surface area contributed by atoms with Crippen LogP contribution >= 0.6 is 34.0 Å². The molecule has 138 heavy (non-hydrogen) atoms. The Hall–Kier alpha value is -17.5. The fourth-order valence-electron chi connectivity index (χ4n) is 19.3. The van der Waals surface area contributed by atoms with E-state index in [4.69, 9.17) is 29.9 Å². The van der Waals surface area contributed by atoms with E-state index in [0.29, 0.717) is 23.3 Å². The average Bonchev–Trinajstić information content (AvgIpc) is 1.58. The second kappa shape index (κ2) is 35.8. The van der Waals surface area contributed by atoms with Crippen LogP contribution in [0.2, 0.25) is 0 Å². The molecule has 0 saturated heterocycles. The molecule has 0 spiro atoms. The number of pyridine rings is 1. The van der Waals surface area contributed by atoms with Gasteiger partial charge in [-0.1, -0.05) is 382 Å². The van der Waals surface area contributed by atoms with Crippen molar-refractivity contribution < 1.29 is 0 Å². The van der Waals surface area contributed by atoms with Crippen LogP contribution in [-0.2, 0) is 0 Å². The third-order valence-corrected chi connectivity index (χ3v) is 29.5. The van der Waals surface area contributed by atoms with E-state index >= 15 is 0 Å². The molecule has 18 aromatic carbocycles. The van der Waals surface area contributed by atoms with Crippen molar-refractivity contribution in [1.82, 2.24) is 43.6 Å². The van der Waals surface area contributed by atoms with Crippen LogP contribution in [0.25, 0.3) is 246 Å². The van der Waals surface area contributed by atoms with Gasteiger partial charge in [-0.2, -0.15) is 0 Å². The molecule has 12 heteroatoms. The van der Waals surface area contributed by atoms with Crippen molar-refractivity contribution in [3.05, 3.63) is 491 Å². The third-order valence-electron chi connectivity index (χ3n) is 25.8. The highest BCUT2D eigenvalue weighted by Crippen LogP contribution is 2.48. The van der Waals surface area contributed by atoms with Crippen LogP contribution in [0.3, 0.4) is 0 Å². The Morgan fingerprint density at radius 2 is 0.428 bits per heavy atom. The quantitative estimate of drug-likeness (QED) is 0.102. The maximum atomic E-state index is 5.15. The molecule has 0 aliphatic heterocycles. The average molecular weight is 1820 g/mol. The molecule has 0 saturated carbocycles. The Labute approximate surface area is 808 Å². The van der Waals surface area contributed by atoms with Gasteiger partial charge in [-0.3, -0.25) is 0 Å². The molecule has 0 aliphatic rings. The van der Waals surface area contributed by atoms with Crippen molar-refractivity contribution in [2.75, 3.05) is 0 Å². The smallest absolute Gasteiger partial charge is 0.164 e. The summed E-state index contributed by atoms with van der Waals surface area (Å²) in [6.07, 6.45) is 0. The van der Waals surface area contributed by atoms with Crippen molar-refractivity contribution in [3.63, 3.8) is 0 Å². The molecule has 27 rings (SSSR count). The minimum absolute atomic E-state index is 0.642. The van der Waals surface area contributed by atoms with Gasteiger partial charge in [0.25, 0.3) is 0 Å². The summed E-state index contributed by atoms with van der Waals surface area (Å²) < 4.78 is 11.1. The zero-order valence-electron chi connectivity index (χ0n) is 74.5. The lowest BCUT2D eigenvalue weighted by Crippen LogP contribution is -2.01. The summed E-state index contributed by atoms with van der Waals surface area (Å²) in [6.45, 7) is 0. The fourth-order valence-corrected chi connectivity index (χ4v) is 23.0. The lowest BCUT2D eigenvalue weighted by Gasteiger charge is -2.12. The van der Waals surface area contributed by atoms with E-state index in [0.717, 1.165) is 89.9 Å². The second-order valence-corrected chi connectivity index (χ2v) is 37.5. The van der Waals surface area contributed by atoms with Crippen molar-refractivity contribution >= 4 is 130 Å². The number of thiophene rings is 3. The topological polar surface area (TPSA) is 92.1 Å². The van der Waals surface area contributed by atoms with Crippen molar-refractivity contribution in [2.24, 2.45) is 0 Å². The third kappa shape index (κ3) is 15.5. The number of nitrogens with zero attached hydrogens (tertiary/aromatic N) is 9. The summed E-state index contributed by atoms with van der Waals surface area (Å²) in [5, 5.41) is 11.5. The minimum Gasteiger partial charge on any atom is -0.309 e. The van der Waals surface area contributed by atoms with Gasteiger partial charge in [0.2, 0.25) is 0 Å². The maximum absolute atomic E-state index is 5.15. The Kier molecular flexibility index (Phi) is 21.4. The predicted octanol–water partition coefficient (Wildman–Crippen LogP) is 34.4. The SMILES string of the molecule is c1ccc(-c2cc(-c3cccc(-n4c5ccccc5c5c6sc(-c7ccccc7)cc6ccc54)c3)nc(-c3ccccc3)n2)cc1.c1ccc(-c2cc(-c3ccccc3)nc(-c3ccc(-n4c5ccccc5c5c6sc(-c7ccccc7)cc6ccc54)cc3)c2)cc1.c1ccc(-c2nc(-c3ccccc3)nc(-c3cccc(-n4c5ccccc5c5c6sc(-c7ccccc7)cc6ccc54)c3)n2)cc1. The van der Waals surface area contributed by atoms with Gasteiger partial charge < -0.3 is 13.7 Å². The van der Waals surface area contributed by atoms with E-state index in [1.807, 2.05) is 125 Å². The van der Waals surface area contributed by atoms with Gasteiger partial charge >= 0.3 is 0 Å². The second-order valence-electron chi connectivity index (χ2n) is 34.4. The zero-order valence-corrected chi connectivity index (χ0v) is 77.0. The van der Waals surface area contributed by atoms with Crippen LogP contribution in [0.1, 0.15) is 0 Å². The highest BCUT2D eigenvalue weighted by Gasteiger charge is 2.25. The molecule has 0 N–H and O–H groups in total. The summed E-state index contributed by atoms with van der Waals surface area (Å²) >= 11 is 5.61. The molecule has 9 aromatic heterocycles. The number of aromatic nitrogens is 9. The number of hydrogen-bond acceptors (Lipinski definition) is 9. The van der Waals surface area contributed by atoms with Crippen LogP contribution in [0.15, 0.2) is 491 Å². The van der Waals surface area contributed by atoms with Gasteiger partial charge in [-0.05, 0) is 153 Å². The number of rotatable bonds is 15. The van der Waals surface area contributed by atoms with E-state index in [1.54, 1.807) is 0 Å². The van der Waals surface area contributed by atoms with Gasteiger partial charge in [-0.25, -0.2) is 29.9 Å². The van der Waals surface area contributed by atoms with Crippen molar-refractivity contribution in [1.29, 1.82) is 0 Å². The first kappa shape index (κ1) is 82.4. The first-order valence-electron chi connectivity index (χ1n) is 46.3. The number of hydrogen-bond donors (Lipinski definition) is 0. The Balaban J connectivity index is 0.000000110. The minimum atomic E-state index is 0.642. The molecular weight excluding hydrogens is 1740 g/mol. The van der Waals surface area contributed by atoms with Gasteiger partial charge in [0.15, 0.2) is 23.3 Å². The van der Waals surface area contributed by atoms with Crippen molar-refractivity contribution in [2.45, 2.75) is 0 Å². The molecule has 9 heterocycles. The zero-order chi connectivity index (χ0) is 91.4. The number of fused-ring (bicyclic) bond motifs is 15. The van der Waals surface area contributed by atoms with E-state index in [-0.39, 0.29) is 0 Å². The monoisotopic (exact) mass is 1820 g/mol. The van der Waals surface area contributed by atoms with Crippen molar-refractivity contribution in [3.8, 4) is 150 Å². The first-order valence-corrected chi connectivity index (χ1v) is 48.7. The van der Waals surface area contributed by atoms with E-state index < -0.39 is 0 Å². The molecule has 0 bridgehead atoms. The predicted molar refractivity (Wildman–Crippen MR) is 580 cm³/mol. The van der Waals surface area contributed by atoms with E-state index in [9.17, 15) is 0 Å². The summed E-state index contributed by atoms with van der Waals surface area (Å²) in [4.78, 5) is 34.0. The van der Waals surface area contributed by atoms with E-state index in [2.05, 4.69) is 414 Å². The Bertz CT molecular complexity index is 8690. The molecule has 0 atom stereocenters. The lowest BCUT2D eigenvalue weighted by atomic mass is 10.00. The summed E-state index contributed by atoms with van der Waals surface area (Å²) in [5.74, 6) is 2.67. The maximum Gasteiger partial charge on any atom is 0.164 e. The van der Waals surface area contributed by atoms with Crippen LogP contribution in [-0.4, -0.2) is 43.6 Å². The summed E-state index contributed by atoms with van der Waals surface area (Å²) in [7, 11) is 0. The van der Waals surface area contributed by atoms with Crippen LogP contribution in [0.4, 0.5) is 0 Å². The largest absolute Gasteiger partial charge is 0.309 e. The van der Waals surface area contributed by atoms with Gasteiger partial charge in [-0.15, -0.1) is 34.0 Å². The van der Waals surface area contributed by atoms with Crippen LogP contribution < -0.4 is 0 Å². The van der Waals surface area contributed by atoms with Crippen LogP contribution in [0.5, 0.6) is 0 Å². The van der Waals surface area contributed by atoms with Gasteiger partial charge in [0.1, 0.15) is 0 Å². The molecule has 0 fully saturated rings. The molecule has 0 unspecified atom stereocenters. The molecular formula is C126H81N9S3. The molecule has 0 aliphatic carbocycles. The van der Waals surface area contributed by atoms with Gasteiger partial charge in [0, 0.05) is 123 Å². The Morgan fingerprint density at radius 1 is 0.152 bits per heavy atom. The molecule has 0 radical (unpaired) electrons. The highest BCUT2D eigenvalue weighted by molar-refractivity contribution is 7.24. The van der Waals surface area contributed by atoms with E-state index in [1.165, 1.54) is 133 Å². The molecule has 9 nitrogen and oxygen atoms in total. The Morgan fingerprint density at radius 3 is 0.804 bits per heavy atom. The fraction of sp³-hybridized carbons (Fsp3) is 0. The first-order chi connectivity index (χ1) is 68.4. The molecule has 0 amide bonds. The lowest BCUT2D eigenvalue weighted by molar-refractivity contribution is 1.07. The number of para-hydroxylation sites is 3. The number of benzene rings is 18. The normalized spacial score (nSPS) is 11.5. The highest BCUT2D eigenvalue weighted by atomic mass is 32.1. The summed E-state index contributed by atoms with van der Waals surface area (Å²) in [6, 6.07) is 173. The summed E-state index contributed by atoms with van der Waals surface area (Å²) in [5.41, 5.74) is 28.4. The van der Waals surface area contributed by atoms with Gasteiger partial charge in [0.05, 0.1) is 55.9 Å². The molecule has 27 aromatic rings. The molecule has 648 valence electrons.